The first-order valence-corrected chi connectivity index (χ1v) is 7.46. The van der Waals surface area contributed by atoms with Crippen LogP contribution >= 0.6 is 46.0 Å². The van der Waals surface area contributed by atoms with Gasteiger partial charge < -0.3 is 5.32 Å². The van der Waals surface area contributed by atoms with Gasteiger partial charge in [0.15, 0.2) is 5.17 Å². The molecule has 0 bridgehead atoms. The molecule has 1 heterocycles. The van der Waals surface area contributed by atoms with Crippen molar-refractivity contribution in [1.29, 1.82) is 0 Å². The van der Waals surface area contributed by atoms with E-state index in [-0.39, 0.29) is 5.02 Å². The summed E-state index contributed by atoms with van der Waals surface area (Å²) in [5, 5.41) is 4.68. The van der Waals surface area contributed by atoms with Crippen LogP contribution in [0.1, 0.15) is 0 Å². The minimum atomic E-state index is -0.404. The van der Waals surface area contributed by atoms with E-state index >= 15 is 0 Å². The van der Waals surface area contributed by atoms with Crippen molar-refractivity contribution in [3.63, 3.8) is 0 Å². The summed E-state index contributed by atoms with van der Waals surface area (Å²) in [4.78, 5) is 4.36. The zero-order chi connectivity index (χ0) is 11.5. The fraction of sp³-hybridized carbons (Fsp3) is 0.300. The Kier molecular flexibility index (Phi) is 4.32. The molecule has 0 saturated heterocycles. The van der Waals surface area contributed by atoms with Crippen molar-refractivity contribution in [2.75, 3.05) is 16.3 Å². The number of anilines is 1. The molecule has 0 fully saturated rings. The highest BCUT2D eigenvalue weighted by molar-refractivity contribution is 14.1. The number of nitrogens with one attached hydrogen (secondary N) is 1. The van der Waals surface area contributed by atoms with Crippen LogP contribution in [0.4, 0.5) is 10.1 Å². The van der Waals surface area contributed by atoms with Crippen molar-refractivity contribution in [3.05, 3.63) is 29.0 Å². The lowest BCUT2D eigenvalue weighted by Crippen LogP contribution is -2.08. The fourth-order valence-corrected chi connectivity index (χ4v) is 3.12. The SMILES string of the molecule is Fc1ccc(NC2=NC[C@H](CI)S2)cc1Cl. The van der Waals surface area contributed by atoms with Crippen LogP contribution in [0, 0.1) is 5.82 Å². The molecule has 0 unspecified atom stereocenters. The van der Waals surface area contributed by atoms with Gasteiger partial charge in [0, 0.05) is 15.4 Å². The molecule has 1 aliphatic rings. The summed E-state index contributed by atoms with van der Waals surface area (Å²) >= 11 is 9.75. The molecule has 1 aromatic carbocycles. The van der Waals surface area contributed by atoms with Gasteiger partial charge in [-0.2, -0.15) is 0 Å². The van der Waals surface area contributed by atoms with Gasteiger partial charge in [-0.25, -0.2) is 4.39 Å². The standard InChI is InChI=1S/C10H9ClFIN2S/c11-8-3-6(1-2-9(8)12)15-10-14-5-7(4-13)16-10/h1-3,7H,4-5H2,(H,14,15)/t7-/m0/s1. The van der Waals surface area contributed by atoms with Crippen LogP contribution < -0.4 is 5.32 Å². The molecule has 6 heteroatoms. The van der Waals surface area contributed by atoms with E-state index in [2.05, 4.69) is 32.9 Å². The maximum atomic E-state index is 12.9. The molecule has 0 radical (unpaired) electrons. The van der Waals surface area contributed by atoms with Gasteiger partial charge in [-0.05, 0) is 18.2 Å². The number of hydrogen-bond donors (Lipinski definition) is 1. The summed E-state index contributed by atoms with van der Waals surface area (Å²) in [5.74, 6) is -0.404. The van der Waals surface area contributed by atoms with Gasteiger partial charge in [0.2, 0.25) is 0 Å². The number of alkyl halides is 1. The predicted molar refractivity (Wildman–Crippen MR) is 77.6 cm³/mol. The Balaban J connectivity index is 2.02. The summed E-state index contributed by atoms with van der Waals surface area (Å²) in [6.45, 7) is 0.838. The monoisotopic (exact) mass is 370 g/mol. The number of hydrogen-bond acceptors (Lipinski definition) is 3. The van der Waals surface area contributed by atoms with E-state index in [0.29, 0.717) is 5.25 Å². The van der Waals surface area contributed by atoms with Gasteiger partial charge in [0.1, 0.15) is 5.82 Å². The third-order valence-electron chi connectivity index (χ3n) is 2.06. The maximum absolute atomic E-state index is 12.9. The van der Waals surface area contributed by atoms with Gasteiger partial charge in [-0.1, -0.05) is 46.0 Å². The van der Waals surface area contributed by atoms with Crippen LogP contribution in [0.15, 0.2) is 23.2 Å². The highest BCUT2D eigenvalue weighted by Gasteiger charge is 2.18. The number of aliphatic imine (C=N–C) groups is 1. The number of nitrogens with zero attached hydrogens (tertiary/aromatic N) is 1. The Morgan fingerprint density at radius 3 is 3.06 bits per heavy atom. The number of rotatable bonds is 2. The Hall–Kier alpha value is -0.0100. The van der Waals surface area contributed by atoms with Crippen LogP contribution in [0.25, 0.3) is 0 Å². The lowest BCUT2D eigenvalue weighted by atomic mass is 10.3. The van der Waals surface area contributed by atoms with Gasteiger partial charge in [-0.15, -0.1) is 0 Å². The third kappa shape index (κ3) is 3.01. The zero-order valence-electron chi connectivity index (χ0n) is 8.21. The summed E-state index contributed by atoms with van der Waals surface area (Å²) in [6, 6.07) is 4.57. The smallest absolute Gasteiger partial charge is 0.161 e. The number of amidine groups is 1. The second-order valence-corrected chi connectivity index (χ2v) is 5.87. The Morgan fingerprint density at radius 1 is 1.62 bits per heavy atom. The fourth-order valence-electron chi connectivity index (χ4n) is 1.26. The first-order chi connectivity index (χ1) is 7.69. The van der Waals surface area contributed by atoms with Gasteiger partial charge in [0.25, 0.3) is 0 Å². The first kappa shape index (κ1) is 12.4. The highest BCUT2D eigenvalue weighted by atomic mass is 127. The van der Waals surface area contributed by atoms with Crippen LogP contribution in [0.2, 0.25) is 5.02 Å². The second-order valence-electron chi connectivity index (χ2n) is 3.29. The number of halogens is 3. The molecule has 1 aromatic rings. The van der Waals surface area contributed by atoms with E-state index in [1.807, 2.05) is 0 Å². The Morgan fingerprint density at radius 2 is 2.44 bits per heavy atom. The van der Waals surface area contributed by atoms with Crippen molar-refractivity contribution >= 4 is 56.8 Å². The average Bonchev–Trinajstić information content (AvgIpc) is 2.71. The second kappa shape index (κ2) is 5.55. The Bertz CT molecular complexity index is 427. The van der Waals surface area contributed by atoms with Crippen molar-refractivity contribution in [3.8, 4) is 0 Å². The van der Waals surface area contributed by atoms with Gasteiger partial charge in [-0.3, -0.25) is 4.99 Å². The van der Waals surface area contributed by atoms with E-state index in [1.54, 1.807) is 23.9 Å². The molecule has 2 rings (SSSR count). The summed E-state index contributed by atoms with van der Waals surface area (Å²) in [5.41, 5.74) is 0.770. The zero-order valence-corrected chi connectivity index (χ0v) is 11.9. The molecular weight excluding hydrogens is 362 g/mol. The summed E-state index contributed by atoms with van der Waals surface area (Å²) in [6.07, 6.45) is 0. The lowest BCUT2D eigenvalue weighted by Gasteiger charge is -2.07. The van der Waals surface area contributed by atoms with Crippen LogP contribution in [-0.2, 0) is 0 Å². The van der Waals surface area contributed by atoms with E-state index in [1.165, 1.54) is 6.07 Å². The lowest BCUT2D eigenvalue weighted by molar-refractivity contribution is 0.628. The van der Waals surface area contributed by atoms with Crippen molar-refractivity contribution in [2.24, 2.45) is 4.99 Å². The predicted octanol–water partition coefficient (Wildman–Crippen LogP) is 3.80. The molecule has 2 nitrogen and oxygen atoms in total. The van der Waals surface area contributed by atoms with Gasteiger partial charge >= 0.3 is 0 Å². The molecule has 0 saturated carbocycles. The molecule has 0 aromatic heterocycles. The molecule has 0 amide bonds. The normalized spacial score (nSPS) is 19.7. The van der Waals surface area contributed by atoms with Crippen LogP contribution in [0.5, 0.6) is 0 Å². The maximum Gasteiger partial charge on any atom is 0.161 e. The first-order valence-electron chi connectivity index (χ1n) is 4.68. The molecular formula is C10H9ClFIN2S. The average molecular weight is 371 g/mol. The Labute approximate surface area is 116 Å². The molecule has 1 N–H and O–H groups in total. The molecule has 16 heavy (non-hydrogen) atoms. The number of thioether (sulfide) groups is 1. The molecule has 86 valence electrons. The van der Waals surface area contributed by atoms with Gasteiger partial charge in [0.05, 0.1) is 11.6 Å². The van der Waals surface area contributed by atoms with Crippen LogP contribution in [-0.4, -0.2) is 21.4 Å². The van der Waals surface area contributed by atoms with Crippen LogP contribution in [0.3, 0.4) is 0 Å². The molecule has 1 aliphatic heterocycles. The summed E-state index contributed by atoms with van der Waals surface area (Å²) < 4.78 is 14.0. The largest absolute Gasteiger partial charge is 0.335 e. The topological polar surface area (TPSA) is 24.4 Å². The number of benzene rings is 1. The van der Waals surface area contributed by atoms with E-state index in [4.69, 9.17) is 11.6 Å². The highest BCUT2D eigenvalue weighted by Crippen LogP contribution is 2.25. The van der Waals surface area contributed by atoms with E-state index in [9.17, 15) is 4.39 Å². The summed E-state index contributed by atoms with van der Waals surface area (Å²) in [7, 11) is 0. The molecule has 1 atom stereocenters. The quantitative estimate of drug-likeness (QED) is 0.632. The van der Waals surface area contributed by atoms with Crippen molar-refractivity contribution in [2.45, 2.75) is 5.25 Å². The third-order valence-corrected chi connectivity index (χ3v) is 5.11. The minimum Gasteiger partial charge on any atom is -0.335 e. The molecule has 0 aliphatic carbocycles. The molecule has 0 spiro atoms. The minimum absolute atomic E-state index is 0.124. The van der Waals surface area contributed by atoms with Crippen molar-refractivity contribution in [1.82, 2.24) is 0 Å². The van der Waals surface area contributed by atoms with Crippen molar-refractivity contribution < 1.29 is 4.39 Å². The van der Waals surface area contributed by atoms with E-state index in [0.717, 1.165) is 21.8 Å². The van der Waals surface area contributed by atoms with E-state index < -0.39 is 5.82 Å².